The monoisotopic (exact) mass is 450 g/mol. The zero-order valence-corrected chi connectivity index (χ0v) is 21.0. The lowest BCUT2D eigenvalue weighted by molar-refractivity contribution is -0.142. The number of amides is 2. The van der Waals surface area contributed by atoms with Crippen molar-refractivity contribution in [1.29, 1.82) is 0 Å². The van der Waals surface area contributed by atoms with Gasteiger partial charge < -0.3 is 10.6 Å². The molecule has 1 aliphatic heterocycles. The summed E-state index contributed by atoms with van der Waals surface area (Å²) in [4.78, 5) is 25.7. The van der Waals surface area contributed by atoms with Crippen molar-refractivity contribution in [3.63, 3.8) is 0 Å². The molecule has 33 heavy (non-hydrogen) atoms. The minimum atomic E-state index is -0.254. The van der Waals surface area contributed by atoms with E-state index in [-0.39, 0.29) is 34.1 Å². The topological polar surface area (TPSA) is 58.2 Å². The summed E-state index contributed by atoms with van der Waals surface area (Å²) >= 11 is 0. The summed E-state index contributed by atoms with van der Waals surface area (Å²) in [6, 6.07) is 10.8. The minimum Gasteiger partial charge on any atom is -0.353 e. The lowest BCUT2D eigenvalue weighted by Gasteiger charge is -2.60. The van der Waals surface area contributed by atoms with Crippen molar-refractivity contribution in [2.45, 2.75) is 97.1 Å². The van der Waals surface area contributed by atoms with Gasteiger partial charge >= 0.3 is 0 Å². The first-order chi connectivity index (χ1) is 15.6. The summed E-state index contributed by atoms with van der Waals surface area (Å²) in [7, 11) is 0. The number of carbonyl (C=O) groups excluding carboxylic acids is 2. The molecule has 3 saturated carbocycles. The van der Waals surface area contributed by atoms with Crippen molar-refractivity contribution in [2.24, 2.45) is 34.5 Å². The molecular weight excluding hydrogens is 408 g/mol. The van der Waals surface area contributed by atoms with Crippen LogP contribution in [-0.2, 0) is 16.0 Å². The molecule has 0 bridgehead atoms. The van der Waals surface area contributed by atoms with E-state index in [1.807, 2.05) is 6.07 Å². The Labute approximate surface area is 199 Å². The average molecular weight is 451 g/mol. The number of benzene rings is 1. The van der Waals surface area contributed by atoms with Crippen LogP contribution in [0, 0.1) is 34.5 Å². The summed E-state index contributed by atoms with van der Waals surface area (Å²) in [5.41, 5.74) is 1.35. The first-order valence-electron chi connectivity index (χ1n) is 13.3. The molecule has 4 aliphatic rings. The smallest absolute Gasteiger partial charge is 0.224 e. The van der Waals surface area contributed by atoms with Crippen molar-refractivity contribution in [2.75, 3.05) is 0 Å². The molecule has 1 heterocycles. The molecule has 1 aromatic carbocycles. The van der Waals surface area contributed by atoms with E-state index in [1.54, 1.807) is 0 Å². The van der Waals surface area contributed by atoms with Gasteiger partial charge in [-0.05, 0) is 99.4 Å². The van der Waals surface area contributed by atoms with Crippen LogP contribution in [-0.4, -0.2) is 23.4 Å². The molecule has 0 aromatic heterocycles. The normalized spacial score (nSPS) is 40.2. The number of carbonyl (C=O) groups is 2. The van der Waals surface area contributed by atoms with Crippen LogP contribution in [0.1, 0.15) is 84.6 Å². The van der Waals surface area contributed by atoms with E-state index in [9.17, 15) is 9.59 Å². The van der Waals surface area contributed by atoms with E-state index < -0.39 is 0 Å². The molecule has 4 fully saturated rings. The Morgan fingerprint density at radius 1 is 1.00 bits per heavy atom. The van der Waals surface area contributed by atoms with Gasteiger partial charge in [-0.15, -0.1) is 0 Å². The molecule has 4 heteroatoms. The quantitative estimate of drug-likeness (QED) is 0.657. The Morgan fingerprint density at radius 3 is 2.48 bits per heavy atom. The predicted octanol–water partition coefficient (Wildman–Crippen LogP) is 5.26. The van der Waals surface area contributed by atoms with E-state index in [0.717, 1.165) is 32.1 Å². The van der Waals surface area contributed by atoms with Gasteiger partial charge in [-0.2, -0.15) is 0 Å². The number of hydrogen-bond donors (Lipinski definition) is 2. The SMILES string of the molecule is CC(C)(Cc1ccccc1)NC(=O)[C@H]1CC[C@H]2[C@@H]3CC[C@H]4NC(=O)CC[C@]4(C)[C@H]3CC[C@]12C. The van der Waals surface area contributed by atoms with E-state index >= 15 is 0 Å². The molecule has 0 radical (unpaired) electrons. The first-order valence-corrected chi connectivity index (χ1v) is 13.3. The second kappa shape index (κ2) is 8.13. The number of piperidine rings is 1. The Balaban J connectivity index is 1.30. The van der Waals surface area contributed by atoms with Gasteiger partial charge in [0, 0.05) is 23.9 Å². The fourth-order valence-corrected chi connectivity index (χ4v) is 8.70. The largest absolute Gasteiger partial charge is 0.353 e. The van der Waals surface area contributed by atoms with E-state index in [2.05, 4.69) is 62.6 Å². The van der Waals surface area contributed by atoms with Crippen molar-refractivity contribution in [3.8, 4) is 0 Å². The van der Waals surface area contributed by atoms with Gasteiger partial charge in [-0.1, -0.05) is 44.2 Å². The second-order valence-corrected chi connectivity index (χ2v) is 12.8. The molecule has 3 aliphatic carbocycles. The third kappa shape index (κ3) is 3.91. The van der Waals surface area contributed by atoms with Gasteiger partial charge in [0.05, 0.1) is 0 Å². The van der Waals surface area contributed by atoms with Crippen LogP contribution >= 0.6 is 0 Å². The molecule has 5 rings (SSSR count). The third-order valence-corrected chi connectivity index (χ3v) is 10.4. The van der Waals surface area contributed by atoms with Gasteiger partial charge in [0.1, 0.15) is 0 Å². The van der Waals surface area contributed by atoms with Crippen molar-refractivity contribution in [3.05, 3.63) is 35.9 Å². The Bertz CT molecular complexity index is 911. The van der Waals surface area contributed by atoms with Gasteiger partial charge in [0.15, 0.2) is 0 Å². The lowest BCUT2D eigenvalue weighted by atomic mass is 9.47. The Morgan fingerprint density at radius 2 is 1.73 bits per heavy atom. The Hall–Kier alpha value is -1.84. The van der Waals surface area contributed by atoms with Crippen LogP contribution < -0.4 is 10.6 Å². The molecule has 0 spiro atoms. The number of rotatable bonds is 4. The zero-order chi connectivity index (χ0) is 23.4. The fourth-order valence-electron chi connectivity index (χ4n) is 8.70. The van der Waals surface area contributed by atoms with Gasteiger partial charge in [-0.3, -0.25) is 9.59 Å². The van der Waals surface area contributed by atoms with Crippen LogP contribution in [0.4, 0.5) is 0 Å². The maximum absolute atomic E-state index is 13.6. The summed E-state index contributed by atoms with van der Waals surface area (Å²) < 4.78 is 0. The first kappa shape index (κ1) is 22.9. The highest BCUT2D eigenvalue weighted by Crippen LogP contribution is 2.65. The molecule has 4 nitrogen and oxygen atoms in total. The van der Waals surface area contributed by atoms with E-state index in [0.29, 0.717) is 30.2 Å². The highest BCUT2D eigenvalue weighted by Gasteiger charge is 2.61. The van der Waals surface area contributed by atoms with Crippen molar-refractivity contribution >= 4 is 11.8 Å². The fraction of sp³-hybridized carbons (Fsp3) is 0.724. The van der Waals surface area contributed by atoms with E-state index in [1.165, 1.54) is 24.8 Å². The summed E-state index contributed by atoms with van der Waals surface area (Å²) in [6.45, 7) is 9.18. The third-order valence-electron chi connectivity index (χ3n) is 10.4. The van der Waals surface area contributed by atoms with Crippen LogP contribution in [0.15, 0.2) is 30.3 Å². The second-order valence-electron chi connectivity index (χ2n) is 12.8. The van der Waals surface area contributed by atoms with E-state index in [4.69, 9.17) is 0 Å². The summed E-state index contributed by atoms with van der Waals surface area (Å²) in [6.07, 6.45) is 9.44. The molecule has 1 saturated heterocycles. The minimum absolute atomic E-state index is 0.106. The molecule has 2 amide bonds. The maximum atomic E-state index is 13.6. The molecule has 180 valence electrons. The van der Waals surface area contributed by atoms with Gasteiger partial charge in [0.2, 0.25) is 11.8 Å². The number of fused-ring (bicyclic) bond motifs is 5. The van der Waals surface area contributed by atoms with Crippen LogP contribution in [0.3, 0.4) is 0 Å². The molecule has 0 unspecified atom stereocenters. The maximum Gasteiger partial charge on any atom is 0.224 e. The molecule has 7 atom stereocenters. The highest BCUT2D eigenvalue weighted by molar-refractivity contribution is 5.81. The molecular formula is C29H42N2O2. The van der Waals surface area contributed by atoms with Crippen LogP contribution in [0.5, 0.6) is 0 Å². The van der Waals surface area contributed by atoms with Crippen LogP contribution in [0.2, 0.25) is 0 Å². The van der Waals surface area contributed by atoms with Gasteiger partial charge in [-0.25, -0.2) is 0 Å². The summed E-state index contributed by atoms with van der Waals surface area (Å²) in [5.74, 6) is 2.66. The molecule has 1 aromatic rings. The number of hydrogen-bond acceptors (Lipinski definition) is 2. The molecule has 2 N–H and O–H groups in total. The Kier molecular flexibility index (Phi) is 5.65. The standard InChI is InChI=1S/C29H42N2O2/c1-27(2,18-19-8-6-5-7-9-19)31-26(33)23-12-11-21-20-10-13-24-29(4,17-15-25(32)30-24)22(20)14-16-28(21,23)3/h5-9,20-24H,10-18H2,1-4H3,(H,30,32)(H,31,33)/t20-,21-,22-,23+,24+,28-,29+/m0/s1. The van der Waals surface area contributed by atoms with Crippen molar-refractivity contribution in [1.82, 2.24) is 10.6 Å². The number of nitrogens with one attached hydrogen (secondary N) is 2. The predicted molar refractivity (Wildman–Crippen MR) is 131 cm³/mol. The summed E-state index contributed by atoms with van der Waals surface area (Å²) in [5, 5.41) is 6.78. The average Bonchev–Trinajstić information content (AvgIpc) is 3.11. The zero-order valence-electron chi connectivity index (χ0n) is 21.0. The van der Waals surface area contributed by atoms with Gasteiger partial charge in [0.25, 0.3) is 0 Å². The van der Waals surface area contributed by atoms with Crippen molar-refractivity contribution < 1.29 is 9.59 Å². The van der Waals surface area contributed by atoms with Crippen LogP contribution in [0.25, 0.3) is 0 Å². The lowest BCUT2D eigenvalue weighted by Crippen LogP contribution is -2.61. The highest BCUT2D eigenvalue weighted by atomic mass is 16.2.